The molecule has 1 aromatic carbocycles. The van der Waals surface area contributed by atoms with Crippen LogP contribution >= 0.6 is 11.6 Å². The van der Waals surface area contributed by atoms with E-state index in [2.05, 4.69) is 10.2 Å². The molecule has 1 heterocycles. The average Bonchev–Trinajstić information content (AvgIpc) is 2.51. The van der Waals surface area contributed by atoms with E-state index in [0.717, 1.165) is 32.4 Å². The van der Waals surface area contributed by atoms with E-state index in [-0.39, 0.29) is 23.7 Å². The third-order valence-corrected chi connectivity index (χ3v) is 4.35. The Morgan fingerprint density at radius 2 is 2.14 bits per heavy atom. The third-order valence-electron chi connectivity index (χ3n) is 4.12. The van der Waals surface area contributed by atoms with Gasteiger partial charge >= 0.3 is 0 Å². The standard InChI is InChI=1S/C16H23ClN2O3/c1-2-13(20)10-19-7-5-11(6-8-19)16(22)18-14-9-12(17)3-4-15(14)21/h3-4,9,11,13,20-21H,2,5-8,10H2,1H3,(H,18,22)/t13-/m1/s1. The van der Waals surface area contributed by atoms with Crippen LogP contribution in [0.4, 0.5) is 5.69 Å². The predicted octanol–water partition coefficient (Wildman–Crippen LogP) is 2.47. The Morgan fingerprint density at radius 1 is 1.45 bits per heavy atom. The molecule has 0 saturated carbocycles. The zero-order valence-electron chi connectivity index (χ0n) is 12.8. The number of halogens is 1. The average molecular weight is 327 g/mol. The van der Waals surface area contributed by atoms with E-state index in [4.69, 9.17) is 11.6 Å². The van der Waals surface area contributed by atoms with Crippen LogP contribution in [-0.4, -0.2) is 46.8 Å². The highest BCUT2D eigenvalue weighted by Gasteiger charge is 2.26. The molecule has 22 heavy (non-hydrogen) atoms. The SMILES string of the molecule is CC[C@@H](O)CN1CCC(C(=O)Nc2cc(Cl)ccc2O)CC1. The number of aliphatic hydroxyl groups excluding tert-OH is 1. The minimum Gasteiger partial charge on any atom is -0.506 e. The Labute approximate surface area is 135 Å². The van der Waals surface area contributed by atoms with E-state index in [9.17, 15) is 15.0 Å². The van der Waals surface area contributed by atoms with Crippen LogP contribution in [0.3, 0.4) is 0 Å². The van der Waals surface area contributed by atoms with Crippen LogP contribution in [0.15, 0.2) is 18.2 Å². The number of rotatable bonds is 5. The summed E-state index contributed by atoms with van der Waals surface area (Å²) in [5.41, 5.74) is 0.348. The van der Waals surface area contributed by atoms with E-state index in [1.165, 1.54) is 6.07 Å². The molecule has 1 amide bonds. The molecule has 2 rings (SSSR count). The number of phenolic OH excluding ortho intramolecular Hbond substituents is 1. The first-order valence-electron chi connectivity index (χ1n) is 7.69. The minimum absolute atomic E-state index is 0.0151. The van der Waals surface area contributed by atoms with E-state index in [0.29, 0.717) is 17.3 Å². The molecule has 1 aliphatic rings. The number of anilines is 1. The molecule has 1 aliphatic heterocycles. The summed E-state index contributed by atoms with van der Waals surface area (Å²) in [4.78, 5) is 14.5. The van der Waals surface area contributed by atoms with Gasteiger partial charge in [-0.3, -0.25) is 4.79 Å². The Morgan fingerprint density at radius 3 is 2.77 bits per heavy atom. The second-order valence-corrected chi connectivity index (χ2v) is 6.22. The summed E-state index contributed by atoms with van der Waals surface area (Å²) in [5, 5.41) is 22.6. The van der Waals surface area contributed by atoms with E-state index >= 15 is 0 Å². The van der Waals surface area contributed by atoms with E-state index < -0.39 is 0 Å². The number of benzene rings is 1. The van der Waals surface area contributed by atoms with Gasteiger partial charge in [0.05, 0.1) is 11.8 Å². The van der Waals surface area contributed by atoms with Gasteiger partial charge in [-0.25, -0.2) is 0 Å². The summed E-state index contributed by atoms with van der Waals surface area (Å²) in [6, 6.07) is 4.58. The van der Waals surface area contributed by atoms with Crippen LogP contribution < -0.4 is 5.32 Å². The molecular formula is C16H23ClN2O3. The number of hydrogen-bond donors (Lipinski definition) is 3. The number of nitrogens with one attached hydrogen (secondary N) is 1. The quantitative estimate of drug-likeness (QED) is 0.727. The molecule has 1 atom stereocenters. The van der Waals surface area contributed by atoms with E-state index in [1.807, 2.05) is 6.92 Å². The summed E-state index contributed by atoms with van der Waals surface area (Å²) < 4.78 is 0. The number of nitrogens with zero attached hydrogens (tertiary/aromatic N) is 1. The topological polar surface area (TPSA) is 72.8 Å². The summed E-state index contributed by atoms with van der Waals surface area (Å²) >= 11 is 5.87. The van der Waals surface area contributed by atoms with Crippen LogP contribution in [0.5, 0.6) is 5.75 Å². The number of piperidine rings is 1. The molecule has 122 valence electrons. The Hall–Kier alpha value is -1.30. The fourth-order valence-electron chi connectivity index (χ4n) is 2.65. The number of amides is 1. The molecule has 5 nitrogen and oxygen atoms in total. The fraction of sp³-hybridized carbons (Fsp3) is 0.562. The van der Waals surface area contributed by atoms with Crippen molar-refractivity contribution in [3.05, 3.63) is 23.2 Å². The summed E-state index contributed by atoms with van der Waals surface area (Å²) in [5.74, 6) is -0.150. The molecule has 0 spiro atoms. The van der Waals surface area contributed by atoms with Crippen molar-refractivity contribution in [3.8, 4) is 5.75 Å². The van der Waals surface area contributed by atoms with Crippen molar-refractivity contribution in [1.29, 1.82) is 0 Å². The molecule has 1 fully saturated rings. The zero-order valence-corrected chi connectivity index (χ0v) is 13.5. The highest BCUT2D eigenvalue weighted by molar-refractivity contribution is 6.31. The Kier molecular flexibility index (Phi) is 6.06. The van der Waals surface area contributed by atoms with Crippen molar-refractivity contribution >= 4 is 23.2 Å². The predicted molar refractivity (Wildman–Crippen MR) is 87.2 cm³/mol. The fourth-order valence-corrected chi connectivity index (χ4v) is 2.82. The van der Waals surface area contributed by atoms with Crippen molar-refractivity contribution in [2.75, 3.05) is 25.0 Å². The van der Waals surface area contributed by atoms with Crippen LogP contribution in [-0.2, 0) is 4.79 Å². The lowest BCUT2D eigenvalue weighted by atomic mass is 9.95. The van der Waals surface area contributed by atoms with Crippen molar-refractivity contribution in [2.24, 2.45) is 5.92 Å². The molecular weight excluding hydrogens is 304 g/mol. The third kappa shape index (κ3) is 4.60. The molecule has 1 saturated heterocycles. The van der Waals surface area contributed by atoms with Gasteiger partial charge in [-0.2, -0.15) is 0 Å². The van der Waals surface area contributed by atoms with Gasteiger partial charge in [0.2, 0.25) is 5.91 Å². The maximum absolute atomic E-state index is 12.3. The molecule has 0 aromatic heterocycles. The number of carbonyl (C=O) groups is 1. The van der Waals surface area contributed by atoms with Gasteiger partial charge in [-0.05, 0) is 50.6 Å². The summed E-state index contributed by atoms with van der Waals surface area (Å²) in [6.45, 7) is 4.23. The Balaban J connectivity index is 1.86. The van der Waals surface area contributed by atoms with Crippen LogP contribution in [0.1, 0.15) is 26.2 Å². The normalized spacial score (nSPS) is 18.1. The molecule has 0 unspecified atom stereocenters. The lowest BCUT2D eigenvalue weighted by Gasteiger charge is -2.32. The van der Waals surface area contributed by atoms with Gasteiger partial charge in [0.15, 0.2) is 0 Å². The van der Waals surface area contributed by atoms with E-state index in [1.54, 1.807) is 12.1 Å². The number of likely N-dealkylation sites (tertiary alicyclic amines) is 1. The number of phenols is 1. The monoisotopic (exact) mass is 326 g/mol. The lowest BCUT2D eigenvalue weighted by Crippen LogP contribution is -2.41. The first-order chi connectivity index (χ1) is 10.5. The van der Waals surface area contributed by atoms with Gasteiger partial charge < -0.3 is 20.4 Å². The first kappa shape index (κ1) is 17.1. The number of β-amino-alcohol motifs (C(OH)–C–C–N with tert-alkyl or cyclic N) is 1. The smallest absolute Gasteiger partial charge is 0.227 e. The molecule has 3 N–H and O–H groups in total. The summed E-state index contributed by atoms with van der Waals surface area (Å²) in [6.07, 6.45) is 1.95. The zero-order chi connectivity index (χ0) is 16.1. The lowest BCUT2D eigenvalue weighted by molar-refractivity contribution is -0.121. The largest absolute Gasteiger partial charge is 0.506 e. The molecule has 6 heteroatoms. The maximum Gasteiger partial charge on any atom is 0.227 e. The van der Waals surface area contributed by atoms with Gasteiger partial charge in [0.25, 0.3) is 0 Å². The van der Waals surface area contributed by atoms with Gasteiger partial charge in [-0.1, -0.05) is 18.5 Å². The van der Waals surface area contributed by atoms with Crippen LogP contribution in [0.2, 0.25) is 5.02 Å². The Bertz CT molecular complexity index is 516. The van der Waals surface area contributed by atoms with Crippen LogP contribution in [0.25, 0.3) is 0 Å². The highest BCUT2D eigenvalue weighted by Crippen LogP contribution is 2.28. The maximum atomic E-state index is 12.3. The van der Waals surface area contributed by atoms with Gasteiger partial charge in [0.1, 0.15) is 5.75 Å². The second kappa shape index (κ2) is 7.81. The van der Waals surface area contributed by atoms with Gasteiger partial charge in [-0.15, -0.1) is 0 Å². The number of hydrogen-bond acceptors (Lipinski definition) is 4. The molecule has 0 radical (unpaired) electrons. The highest BCUT2D eigenvalue weighted by atomic mass is 35.5. The number of carbonyl (C=O) groups excluding carboxylic acids is 1. The van der Waals surface area contributed by atoms with Crippen molar-refractivity contribution in [1.82, 2.24) is 4.90 Å². The van der Waals surface area contributed by atoms with Crippen molar-refractivity contribution in [3.63, 3.8) is 0 Å². The molecule has 1 aromatic rings. The molecule has 0 aliphatic carbocycles. The van der Waals surface area contributed by atoms with Gasteiger partial charge in [0, 0.05) is 17.5 Å². The first-order valence-corrected chi connectivity index (χ1v) is 8.07. The second-order valence-electron chi connectivity index (χ2n) is 5.79. The van der Waals surface area contributed by atoms with Crippen molar-refractivity contribution < 1.29 is 15.0 Å². The van der Waals surface area contributed by atoms with Crippen molar-refractivity contribution in [2.45, 2.75) is 32.3 Å². The summed E-state index contributed by atoms with van der Waals surface area (Å²) in [7, 11) is 0. The number of aromatic hydroxyl groups is 1. The minimum atomic E-state index is -0.297. The number of aliphatic hydroxyl groups is 1. The molecule has 0 bridgehead atoms. The van der Waals surface area contributed by atoms with Crippen LogP contribution in [0, 0.1) is 5.92 Å².